The third-order valence-electron chi connectivity index (χ3n) is 5.43. The first-order chi connectivity index (χ1) is 16.0. The topological polar surface area (TPSA) is 116 Å². The Hall–Kier alpha value is -2.88. The molecule has 0 unspecified atom stereocenters. The van der Waals surface area contributed by atoms with E-state index < -0.39 is 5.97 Å². The lowest BCUT2D eigenvalue weighted by atomic mass is 9.96. The lowest BCUT2D eigenvalue weighted by molar-refractivity contribution is -0.115. The molecule has 1 aliphatic carbocycles. The van der Waals surface area contributed by atoms with Crippen LogP contribution in [0.4, 0.5) is 5.00 Å². The number of carbonyl (C=O) groups is 2. The number of hydrogen-bond donors (Lipinski definition) is 1. The largest absolute Gasteiger partial charge is 0.462 e. The van der Waals surface area contributed by atoms with Crippen LogP contribution in [-0.2, 0) is 22.4 Å². The normalized spacial score (nSPS) is 13.1. The lowest BCUT2D eigenvalue weighted by Gasteiger charge is -2.15. The van der Waals surface area contributed by atoms with E-state index in [0.29, 0.717) is 31.8 Å². The minimum atomic E-state index is -0.499. The fraction of sp³-hybridized carbons (Fsp3) is 0.458. The van der Waals surface area contributed by atoms with E-state index in [0.717, 1.165) is 42.7 Å². The van der Waals surface area contributed by atoms with Gasteiger partial charge in [0, 0.05) is 17.9 Å². The van der Waals surface area contributed by atoms with Crippen LogP contribution in [0.2, 0.25) is 0 Å². The quantitative estimate of drug-likeness (QED) is 0.428. The van der Waals surface area contributed by atoms with E-state index in [4.69, 9.17) is 9.72 Å². The SMILES string of the molecule is CCOC(=O)c1sc(NC(=O)CCSc2nc3c(cc2C#N)CCCCCC3)c(C#N)c1C. The molecule has 0 fully saturated rings. The van der Waals surface area contributed by atoms with Crippen LogP contribution in [0.1, 0.15) is 76.6 Å². The number of pyridine rings is 1. The van der Waals surface area contributed by atoms with Crippen molar-refractivity contribution in [2.75, 3.05) is 17.7 Å². The van der Waals surface area contributed by atoms with Crippen molar-refractivity contribution in [3.05, 3.63) is 38.9 Å². The molecule has 0 atom stereocenters. The first-order valence-corrected chi connectivity index (χ1v) is 12.8. The van der Waals surface area contributed by atoms with E-state index >= 15 is 0 Å². The zero-order chi connectivity index (χ0) is 23.8. The second kappa shape index (κ2) is 11.8. The smallest absolute Gasteiger partial charge is 0.348 e. The van der Waals surface area contributed by atoms with Crippen molar-refractivity contribution in [3.8, 4) is 12.1 Å². The Morgan fingerprint density at radius 1 is 1.21 bits per heavy atom. The van der Waals surface area contributed by atoms with Crippen LogP contribution in [0.3, 0.4) is 0 Å². The van der Waals surface area contributed by atoms with Crippen molar-refractivity contribution in [3.63, 3.8) is 0 Å². The summed E-state index contributed by atoms with van der Waals surface area (Å²) in [6, 6.07) is 6.26. The van der Waals surface area contributed by atoms with Gasteiger partial charge in [0.15, 0.2) is 0 Å². The predicted octanol–water partition coefficient (Wildman–Crippen LogP) is 5.15. The van der Waals surface area contributed by atoms with Gasteiger partial charge in [-0.25, -0.2) is 9.78 Å². The minimum Gasteiger partial charge on any atom is -0.462 e. The van der Waals surface area contributed by atoms with Gasteiger partial charge in [-0.3, -0.25) is 4.79 Å². The molecule has 2 aromatic heterocycles. The van der Waals surface area contributed by atoms with Gasteiger partial charge in [-0.1, -0.05) is 12.8 Å². The van der Waals surface area contributed by atoms with Crippen LogP contribution in [0.15, 0.2) is 11.1 Å². The lowest BCUT2D eigenvalue weighted by Crippen LogP contribution is -2.12. The van der Waals surface area contributed by atoms with Gasteiger partial charge in [0.05, 0.1) is 17.7 Å². The molecule has 0 saturated heterocycles. The molecule has 0 aliphatic heterocycles. The summed E-state index contributed by atoms with van der Waals surface area (Å²) >= 11 is 2.45. The summed E-state index contributed by atoms with van der Waals surface area (Å²) in [5.41, 5.74) is 3.58. The summed E-state index contributed by atoms with van der Waals surface area (Å²) in [7, 11) is 0. The van der Waals surface area contributed by atoms with E-state index in [1.165, 1.54) is 30.2 Å². The highest BCUT2D eigenvalue weighted by molar-refractivity contribution is 7.99. The summed E-state index contributed by atoms with van der Waals surface area (Å²) in [6.07, 6.45) is 6.71. The molecule has 9 heteroatoms. The van der Waals surface area contributed by atoms with Crippen LogP contribution in [0, 0.1) is 29.6 Å². The summed E-state index contributed by atoms with van der Waals surface area (Å²) in [6.45, 7) is 3.62. The number of nitrogens with one attached hydrogen (secondary N) is 1. The molecule has 2 aromatic rings. The summed E-state index contributed by atoms with van der Waals surface area (Å²) in [4.78, 5) is 29.7. The van der Waals surface area contributed by atoms with E-state index in [9.17, 15) is 20.1 Å². The van der Waals surface area contributed by atoms with Gasteiger partial charge in [-0.2, -0.15) is 10.5 Å². The molecule has 0 bridgehead atoms. The number of carbonyl (C=O) groups excluding carboxylic acids is 2. The number of nitrogens with zero attached hydrogens (tertiary/aromatic N) is 3. The maximum atomic E-state index is 12.5. The number of fused-ring (bicyclic) bond motifs is 1. The molecule has 3 rings (SSSR count). The highest BCUT2D eigenvalue weighted by Gasteiger charge is 2.22. The molecule has 1 amide bonds. The summed E-state index contributed by atoms with van der Waals surface area (Å²) in [5.74, 6) is -0.314. The number of hydrogen-bond acceptors (Lipinski definition) is 8. The number of esters is 1. The number of ether oxygens (including phenoxy) is 1. The molecule has 0 aromatic carbocycles. The van der Waals surface area contributed by atoms with Gasteiger partial charge in [0.1, 0.15) is 27.0 Å². The highest BCUT2D eigenvalue weighted by atomic mass is 32.2. The van der Waals surface area contributed by atoms with Gasteiger partial charge in [0.25, 0.3) is 0 Å². The molecule has 172 valence electrons. The first-order valence-electron chi connectivity index (χ1n) is 11.0. The second-order valence-electron chi connectivity index (χ2n) is 7.71. The van der Waals surface area contributed by atoms with Crippen molar-refractivity contribution in [2.45, 2.75) is 63.8 Å². The molecule has 0 radical (unpaired) electrons. The van der Waals surface area contributed by atoms with Crippen molar-refractivity contribution in [1.82, 2.24) is 4.98 Å². The minimum absolute atomic E-state index is 0.185. The fourth-order valence-corrected chi connectivity index (χ4v) is 5.70. The van der Waals surface area contributed by atoms with Crippen LogP contribution in [-0.4, -0.2) is 29.2 Å². The third-order valence-corrected chi connectivity index (χ3v) is 7.61. The second-order valence-corrected chi connectivity index (χ2v) is 9.82. The Morgan fingerprint density at radius 2 is 1.97 bits per heavy atom. The van der Waals surface area contributed by atoms with Crippen molar-refractivity contribution in [1.29, 1.82) is 10.5 Å². The molecule has 1 N–H and O–H groups in total. The van der Waals surface area contributed by atoms with Crippen LogP contribution >= 0.6 is 23.1 Å². The number of thiophene rings is 1. The van der Waals surface area contributed by atoms with E-state index in [-0.39, 0.29) is 24.5 Å². The zero-order valence-corrected chi connectivity index (χ0v) is 20.5. The standard InChI is InChI=1S/C24H26N4O3S2/c1-3-31-24(30)21-15(2)18(14-26)23(33-21)28-20(29)10-11-32-22-17(13-25)12-16-8-6-4-5-7-9-19(16)27-22/h12H,3-11H2,1-2H3,(H,28,29). The molecule has 2 heterocycles. The Balaban J connectivity index is 1.65. The molecule has 33 heavy (non-hydrogen) atoms. The van der Waals surface area contributed by atoms with Gasteiger partial charge in [0.2, 0.25) is 5.91 Å². The maximum Gasteiger partial charge on any atom is 0.348 e. The van der Waals surface area contributed by atoms with Crippen LogP contribution < -0.4 is 5.32 Å². The Morgan fingerprint density at radius 3 is 2.67 bits per heavy atom. The first kappa shape index (κ1) is 24.8. The number of aryl methyl sites for hydroxylation is 2. The monoisotopic (exact) mass is 482 g/mol. The number of amides is 1. The Labute approximate surface area is 202 Å². The van der Waals surface area contributed by atoms with Gasteiger partial charge in [-0.05, 0) is 56.7 Å². The van der Waals surface area contributed by atoms with Gasteiger partial charge in [-0.15, -0.1) is 23.1 Å². The number of nitriles is 2. The van der Waals surface area contributed by atoms with Crippen LogP contribution in [0.25, 0.3) is 0 Å². The molecule has 7 nitrogen and oxygen atoms in total. The van der Waals surface area contributed by atoms with E-state index in [2.05, 4.69) is 17.5 Å². The fourth-order valence-electron chi connectivity index (χ4n) is 3.72. The molecule has 0 spiro atoms. The number of rotatable bonds is 7. The molecule has 0 saturated carbocycles. The average molecular weight is 483 g/mol. The number of anilines is 1. The highest BCUT2D eigenvalue weighted by Crippen LogP contribution is 2.33. The molecular formula is C24H26N4O3S2. The summed E-state index contributed by atoms with van der Waals surface area (Å²) < 4.78 is 5.03. The van der Waals surface area contributed by atoms with Crippen molar-refractivity contribution >= 4 is 40.0 Å². The number of aromatic nitrogens is 1. The predicted molar refractivity (Wildman–Crippen MR) is 129 cm³/mol. The summed E-state index contributed by atoms with van der Waals surface area (Å²) in [5, 5.41) is 22.8. The third kappa shape index (κ3) is 6.13. The Kier molecular flexibility index (Phi) is 8.87. The van der Waals surface area contributed by atoms with Crippen molar-refractivity contribution in [2.24, 2.45) is 0 Å². The van der Waals surface area contributed by atoms with Gasteiger partial charge < -0.3 is 10.1 Å². The average Bonchev–Trinajstić information content (AvgIpc) is 3.09. The number of thioether (sulfide) groups is 1. The molecule has 1 aliphatic rings. The maximum absolute atomic E-state index is 12.5. The molecular weight excluding hydrogens is 456 g/mol. The van der Waals surface area contributed by atoms with Gasteiger partial charge >= 0.3 is 5.97 Å². The van der Waals surface area contributed by atoms with Crippen LogP contribution in [0.5, 0.6) is 0 Å². The Bertz CT molecular complexity index is 1130. The van der Waals surface area contributed by atoms with E-state index in [1.54, 1.807) is 13.8 Å². The zero-order valence-electron chi connectivity index (χ0n) is 18.8. The van der Waals surface area contributed by atoms with E-state index in [1.807, 2.05) is 6.07 Å². The van der Waals surface area contributed by atoms with Crippen molar-refractivity contribution < 1.29 is 14.3 Å².